The molecule has 0 aliphatic heterocycles. The number of esters is 2. The third-order valence-corrected chi connectivity index (χ3v) is 4.73. The van der Waals surface area contributed by atoms with Crippen molar-refractivity contribution in [1.29, 1.82) is 0 Å². The standard InChI is InChI=1S/C23H42O6/c1-2-3-4-5-6-7-8-9-10-11-12-13-14-15-18-28-22(26)16-17-23(27)29-20-21(25)19-24/h16-17,21,24-25H,2-15,18-20H2,1H3/b17-16-. The van der Waals surface area contributed by atoms with Gasteiger partial charge in [0.1, 0.15) is 12.7 Å². The van der Waals surface area contributed by atoms with Gasteiger partial charge >= 0.3 is 11.9 Å². The quantitative estimate of drug-likeness (QED) is 0.173. The van der Waals surface area contributed by atoms with Gasteiger partial charge in [-0.3, -0.25) is 0 Å². The Balaban J connectivity index is 3.36. The summed E-state index contributed by atoms with van der Waals surface area (Å²) in [5.74, 6) is -1.34. The summed E-state index contributed by atoms with van der Waals surface area (Å²) in [7, 11) is 0. The van der Waals surface area contributed by atoms with Crippen molar-refractivity contribution in [2.24, 2.45) is 0 Å². The Bertz CT molecular complexity index is 422. The molecule has 1 atom stereocenters. The fourth-order valence-electron chi connectivity index (χ4n) is 2.93. The molecule has 0 aromatic rings. The minimum Gasteiger partial charge on any atom is -0.463 e. The predicted molar refractivity (Wildman–Crippen MR) is 114 cm³/mol. The molecular weight excluding hydrogens is 372 g/mol. The highest BCUT2D eigenvalue weighted by Crippen LogP contribution is 2.12. The average molecular weight is 415 g/mol. The number of aliphatic hydroxyl groups is 2. The molecule has 0 radical (unpaired) electrons. The zero-order valence-corrected chi connectivity index (χ0v) is 18.3. The molecular formula is C23H42O6. The van der Waals surface area contributed by atoms with E-state index in [0.29, 0.717) is 6.61 Å². The Morgan fingerprint density at radius 1 is 0.724 bits per heavy atom. The van der Waals surface area contributed by atoms with Gasteiger partial charge in [0, 0.05) is 12.2 Å². The minimum absolute atomic E-state index is 0.312. The third kappa shape index (κ3) is 21.1. The summed E-state index contributed by atoms with van der Waals surface area (Å²) in [6, 6.07) is 0. The number of carbonyl (C=O) groups is 2. The van der Waals surface area contributed by atoms with E-state index in [9.17, 15) is 9.59 Å². The number of carbonyl (C=O) groups excluding carboxylic acids is 2. The van der Waals surface area contributed by atoms with Crippen LogP contribution in [0.1, 0.15) is 96.8 Å². The van der Waals surface area contributed by atoms with Crippen LogP contribution in [-0.2, 0) is 19.1 Å². The van der Waals surface area contributed by atoms with Crippen LogP contribution in [0.3, 0.4) is 0 Å². The summed E-state index contributed by atoms with van der Waals surface area (Å²) in [5, 5.41) is 17.6. The van der Waals surface area contributed by atoms with E-state index in [1.807, 2.05) is 0 Å². The van der Waals surface area contributed by atoms with E-state index in [1.165, 1.54) is 70.6 Å². The second-order valence-corrected chi connectivity index (χ2v) is 7.56. The second kappa shape index (κ2) is 21.3. The van der Waals surface area contributed by atoms with Crippen LogP contribution in [0, 0.1) is 0 Å². The highest BCUT2D eigenvalue weighted by Gasteiger charge is 2.06. The van der Waals surface area contributed by atoms with Gasteiger partial charge in [0.2, 0.25) is 0 Å². The summed E-state index contributed by atoms with van der Waals surface area (Å²) in [6.45, 7) is 1.80. The summed E-state index contributed by atoms with van der Waals surface area (Å²) < 4.78 is 9.66. The molecule has 29 heavy (non-hydrogen) atoms. The van der Waals surface area contributed by atoms with E-state index < -0.39 is 24.6 Å². The summed E-state index contributed by atoms with van der Waals surface area (Å²) in [6.07, 6.45) is 18.7. The van der Waals surface area contributed by atoms with Crippen molar-refractivity contribution in [2.45, 2.75) is 103 Å². The molecule has 0 aliphatic carbocycles. The maximum atomic E-state index is 11.5. The number of rotatable bonds is 20. The van der Waals surface area contributed by atoms with Crippen LogP contribution in [0.5, 0.6) is 0 Å². The lowest BCUT2D eigenvalue weighted by atomic mass is 10.0. The second-order valence-electron chi connectivity index (χ2n) is 7.56. The zero-order chi connectivity index (χ0) is 21.6. The Morgan fingerprint density at radius 3 is 1.59 bits per heavy atom. The van der Waals surface area contributed by atoms with Crippen LogP contribution in [-0.4, -0.2) is 48.1 Å². The SMILES string of the molecule is CCCCCCCCCCCCCCCCOC(=O)/C=C\C(=O)OCC(O)CO. The van der Waals surface area contributed by atoms with E-state index in [0.717, 1.165) is 31.4 Å². The van der Waals surface area contributed by atoms with Gasteiger partial charge < -0.3 is 19.7 Å². The molecule has 0 rings (SSSR count). The lowest BCUT2D eigenvalue weighted by molar-refractivity contribution is -0.142. The van der Waals surface area contributed by atoms with Gasteiger partial charge in [-0.25, -0.2) is 9.59 Å². The van der Waals surface area contributed by atoms with Gasteiger partial charge in [0.05, 0.1) is 13.2 Å². The molecule has 0 spiro atoms. The Labute approximate surface area is 176 Å². The molecule has 0 aromatic heterocycles. The first kappa shape index (κ1) is 27.6. The van der Waals surface area contributed by atoms with Crippen molar-refractivity contribution in [3.8, 4) is 0 Å². The van der Waals surface area contributed by atoms with Crippen LogP contribution >= 0.6 is 0 Å². The lowest BCUT2D eigenvalue weighted by Gasteiger charge is -2.06. The molecule has 0 aliphatic rings. The Kier molecular flexibility index (Phi) is 20.3. The highest BCUT2D eigenvalue weighted by atomic mass is 16.5. The maximum Gasteiger partial charge on any atom is 0.331 e. The zero-order valence-electron chi connectivity index (χ0n) is 18.3. The van der Waals surface area contributed by atoms with Crippen LogP contribution < -0.4 is 0 Å². The monoisotopic (exact) mass is 414 g/mol. The lowest BCUT2D eigenvalue weighted by Crippen LogP contribution is -2.21. The summed E-state index contributed by atoms with van der Waals surface area (Å²) >= 11 is 0. The molecule has 0 bridgehead atoms. The van der Waals surface area contributed by atoms with Gasteiger partial charge in [-0.15, -0.1) is 0 Å². The molecule has 1 unspecified atom stereocenters. The molecule has 0 heterocycles. The average Bonchev–Trinajstić information content (AvgIpc) is 2.73. The summed E-state index contributed by atoms with van der Waals surface area (Å²) in [4.78, 5) is 22.7. The molecule has 170 valence electrons. The van der Waals surface area contributed by atoms with Crippen LogP contribution in [0.15, 0.2) is 12.2 Å². The molecule has 0 fully saturated rings. The van der Waals surface area contributed by atoms with Gasteiger partial charge in [-0.1, -0.05) is 90.4 Å². The third-order valence-electron chi connectivity index (χ3n) is 4.73. The molecule has 0 aromatic carbocycles. The van der Waals surface area contributed by atoms with Crippen molar-refractivity contribution < 1.29 is 29.3 Å². The van der Waals surface area contributed by atoms with Crippen molar-refractivity contribution >= 4 is 11.9 Å². The predicted octanol–water partition coefficient (Wildman–Crippen LogP) is 4.46. The fourth-order valence-corrected chi connectivity index (χ4v) is 2.93. The maximum absolute atomic E-state index is 11.5. The number of hydrogen-bond donors (Lipinski definition) is 2. The molecule has 6 heteroatoms. The number of ether oxygens (including phenoxy) is 2. The normalized spacial score (nSPS) is 12.2. The first-order chi connectivity index (χ1) is 14.1. The number of unbranched alkanes of at least 4 members (excludes halogenated alkanes) is 13. The van der Waals surface area contributed by atoms with E-state index >= 15 is 0 Å². The van der Waals surface area contributed by atoms with Gasteiger partial charge in [0.15, 0.2) is 0 Å². The Morgan fingerprint density at radius 2 is 1.14 bits per heavy atom. The molecule has 0 amide bonds. The summed E-state index contributed by atoms with van der Waals surface area (Å²) in [5.41, 5.74) is 0. The van der Waals surface area contributed by atoms with Gasteiger partial charge in [-0.2, -0.15) is 0 Å². The van der Waals surface area contributed by atoms with Crippen LogP contribution in [0.25, 0.3) is 0 Å². The number of hydrogen-bond acceptors (Lipinski definition) is 6. The van der Waals surface area contributed by atoms with Crippen molar-refractivity contribution in [3.05, 3.63) is 12.2 Å². The van der Waals surface area contributed by atoms with Crippen LogP contribution in [0.4, 0.5) is 0 Å². The van der Waals surface area contributed by atoms with Crippen molar-refractivity contribution in [2.75, 3.05) is 19.8 Å². The first-order valence-corrected chi connectivity index (χ1v) is 11.4. The first-order valence-electron chi connectivity index (χ1n) is 11.4. The molecule has 0 saturated carbocycles. The van der Waals surface area contributed by atoms with Crippen LogP contribution in [0.2, 0.25) is 0 Å². The fraction of sp³-hybridized carbons (Fsp3) is 0.826. The van der Waals surface area contributed by atoms with Gasteiger partial charge in [0.25, 0.3) is 0 Å². The highest BCUT2D eigenvalue weighted by molar-refractivity contribution is 5.91. The molecule has 0 saturated heterocycles. The van der Waals surface area contributed by atoms with E-state index in [-0.39, 0.29) is 6.61 Å². The van der Waals surface area contributed by atoms with E-state index in [4.69, 9.17) is 14.9 Å². The minimum atomic E-state index is -1.11. The molecule has 6 nitrogen and oxygen atoms in total. The largest absolute Gasteiger partial charge is 0.463 e. The smallest absolute Gasteiger partial charge is 0.331 e. The number of aliphatic hydroxyl groups excluding tert-OH is 2. The van der Waals surface area contributed by atoms with Crippen molar-refractivity contribution in [1.82, 2.24) is 0 Å². The van der Waals surface area contributed by atoms with E-state index in [1.54, 1.807) is 0 Å². The van der Waals surface area contributed by atoms with Gasteiger partial charge in [-0.05, 0) is 6.42 Å². The van der Waals surface area contributed by atoms with E-state index in [2.05, 4.69) is 11.7 Å². The van der Waals surface area contributed by atoms with Crippen molar-refractivity contribution in [3.63, 3.8) is 0 Å². The topological polar surface area (TPSA) is 93.1 Å². The Hall–Kier alpha value is -1.40. The molecule has 2 N–H and O–H groups in total.